The van der Waals surface area contributed by atoms with Crippen LogP contribution in [0.5, 0.6) is 5.75 Å². The van der Waals surface area contributed by atoms with E-state index in [2.05, 4.69) is 5.32 Å². The molecular weight excluding hydrogens is 458 g/mol. The maximum Gasteiger partial charge on any atom is 0.338 e. The minimum absolute atomic E-state index is 0.0173. The number of nitrogens with one attached hydrogen (secondary N) is 1. The average Bonchev–Trinajstić information content (AvgIpc) is 2.83. The molecule has 4 N–H and O–H groups in total. The first-order valence-corrected chi connectivity index (χ1v) is 10.3. The zero-order valence-electron chi connectivity index (χ0n) is 17.8. The van der Waals surface area contributed by atoms with Crippen molar-refractivity contribution < 1.29 is 43.9 Å². The Morgan fingerprint density at radius 2 is 1.73 bits per heavy atom. The van der Waals surface area contributed by atoms with Gasteiger partial charge in [-0.05, 0) is 24.3 Å². The molecule has 33 heavy (non-hydrogen) atoms. The molecule has 0 aromatic heterocycles. The van der Waals surface area contributed by atoms with E-state index in [1.54, 1.807) is 30.3 Å². The van der Waals surface area contributed by atoms with Gasteiger partial charge in [0.15, 0.2) is 6.29 Å². The number of aliphatic hydroxyl groups excluding tert-OH is 3. The minimum atomic E-state index is -1.55. The predicted molar refractivity (Wildman–Crippen MR) is 116 cm³/mol. The van der Waals surface area contributed by atoms with Crippen LogP contribution >= 0.6 is 11.6 Å². The zero-order valence-corrected chi connectivity index (χ0v) is 18.6. The summed E-state index contributed by atoms with van der Waals surface area (Å²) in [7, 11) is 2.61. The fourth-order valence-electron chi connectivity index (χ4n) is 3.25. The molecule has 1 saturated heterocycles. The molecule has 3 rings (SSSR count). The van der Waals surface area contributed by atoms with Crippen LogP contribution in [-0.2, 0) is 14.2 Å². The lowest BCUT2D eigenvalue weighted by Gasteiger charge is -2.39. The van der Waals surface area contributed by atoms with E-state index < -0.39 is 49.2 Å². The van der Waals surface area contributed by atoms with E-state index in [-0.39, 0.29) is 22.0 Å². The monoisotopic (exact) mass is 481 g/mol. The maximum atomic E-state index is 12.6. The first-order valence-electron chi connectivity index (χ1n) is 9.90. The van der Waals surface area contributed by atoms with Gasteiger partial charge >= 0.3 is 5.97 Å². The highest BCUT2D eigenvalue weighted by molar-refractivity contribution is 6.34. The summed E-state index contributed by atoms with van der Waals surface area (Å²) >= 11 is 6.29. The van der Waals surface area contributed by atoms with Crippen LogP contribution < -0.4 is 10.1 Å². The van der Waals surface area contributed by atoms with Crippen molar-refractivity contribution in [1.29, 1.82) is 0 Å². The Bertz CT molecular complexity index is 985. The molecule has 2 aromatic carbocycles. The number of methoxy groups -OCH3 is 2. The number of carbonyl (C=O) groups excluding carboxylic acids is 2. The minimum Gasteiger partial charge on any atom is -0.494 e. The third-order valence-electron chi connectivity index (χ3n) is 5.06. The van der Waals surface area contributed by atoms with E-state index in [9.17, 15) is 24.9 Å². The van der Waals surface area contributed by atoms with Crippen molar-refractivity contribution in [1.82, 2.24) is 0 Å². The van der Waals surface area contributed by atoms with Crippen molar-refractivity contribution >= 4 is 29.2 Å². The Morgan fingerprint density at radius 1 is 1.03 bits per heavy atom. The number of amides is 1. The fraction of sp³-hybridized carbons (Fsp3) is 0.364. The number of anilines is 1. The molecule has 1 fully saturated rings. The summed E-state index contributed by atoms with van der Waals surface area (Å²) in [6.45, 7) is -0.434. The fourth-order valence-corrected chi connectivity index (χ4v) is 3.50. The highest BCUT2D eigenvalue weighted by atomic mass is 35.5. The van der Waals surface area contributed by atoms with Gasteiger partial charge in [0, 0.05) is 12.7 Å². The lowest BCUT2D eigenvalue weighted by atomic mass is 9.99. The summed E-state index contributed by atoms with van der Waals surface area (Å²) in [5.74, 6) is -1.10. The number of halogens is 1. The molecule has 1 aliphatic heterocycles. The van der Waals surface area contributed by atoms with Crippen LogP contribution in [0.3, 0.4) is 0 Å². The first-order chi connectivity index (χ1) is 15.8. The van der Waals surface area contributed by atoms with Crippen molar-refractivity contribution in [3.05, 3.63) is 58.6 Å². The van der Waals surface area contributed by atoms with Crippen LogP contribution in [0.15, 0.2) is 42.5 Å². The molecule has 0 spiro atoms. The number of esters is 1. The van der Waals surface area contributed by atoms with Crippen molar-refractivity contribution in [2.75, 3.05) is 26.1 Å². The van der Waals surface area contributed by atoms with Crippen LogP contribution in [0.4, 0.5) is 5.69 Å². The Morgan fingerprint density at radius 3 is 2.36 bits per heavy atom. The first kappa shape index (κ1) is 24.9. The Balaban J connectivity index is 1.71. The molecule has 11 heteroatoms. The molecule has 0 saturated carbocycles. The van der Waals surface area contributed by atoms with Crippen LogP contribution in [-0.4, -0.2) is 78.7 Å². The van der Waals surface area contributed by atoms with Crippen molar-refractivity contribution in [3.63, 3.8) is 0 Å². The summed E-state index contributed by atoms with van der Waals surface area (Å²) < 4.78 is 20.7. The lowest BCUT2D eigenvalue weighted by Crippen LogP contribution is -2.59. The van der Waals surface area contributed by atoms with E-state index in [1.165, 1.54) is 26.4 Å². The largest absolute Gasteiger partial charge is 0.494 e. The topological polar surface area (TPSA) is 144 Å². The molecule has 1 aliphatic rings. The molecule has 178 valence electrons. The van der Waals surface area contributed by atoms with E-state index >= 15 is 0 Å². The summed E-state index contributed by atoms with van der Waals surface area (Å²) in [5.41, 5.74) is 0.603. The van der Waals surface area contributed by atoms with Gasteiger partial charge in [-0.1, -0.05) is 29.8 Å². The summed E-state index contributed by atoms with van der Waals surface area (Å²) in [5, 5.41) is 32.5. The van der Waals surface area contributed by atoms with Crippen molar-refractivity contribution in [2.24, 2.45) is 0 Å². The molecule has 0 aliphatic carbocycles. The van der Waals surface area contributed by atoms with Gasteiger partial charge in [0.05, 0.1) is 17.7 Å². The average molecular weight is 482 g/mol. The van der Waals surface area contributed by atoms with E-state index in [0.717, 1.165) is 0 Å². The predicted octanol–water partition coefficient (Wildman–Crippen LogP) is 1.21. The second kappa shape index (κ2) is 10.9. The number of aliphatic hydroxyl groups is 3. The van der Waals surface area contributed by atoms with E-state index in [0.29, 0.717) is 5.56 Å². The summed E-state index contributed by atoms with van der Waals surface area (Å²) in [4.78, 5) is 25.0. The molecule has 0 unspecified atom stereocenters. The number of ether oxygens (including phenoxy) is 4. The number of hydrogen-bond donors (Lipinski definition) is 4. The van der Waals surface area contributed by atoms with E-state index in [1.807, 2.05) is 0 Å². The molecule has 0 radical (unpaired) electrons. The molecular formula is C22H24ClNO9. The third-order valence-corrected chi connectivity index (χ3v) is 5.36. The second-order valence-electron chi connectivity index (χ2n) is 7.20. The van der Waals surface area contributed by atoms with Crippen molar-refractivity contribution in [2.45, 2.75) is 30.7 Å². The highest BCUT2D eigenvalue weighted by Crippen LogP contribution is 2.35. The van der Waals surface area contributed by atoms with Crippen LogP contribution in [0.2, 0.25) is 5.02 Å². The standard InChI is InChI=1S/C22H24ClNO9/c1-30-14-9-12(8-13(23)16(14)24-20(28)11-6-4-3-5-7-11)21(29)32-10-15-17(25)18(26)19(27)22(31-2)33-15/h3-9,15,17-19,22,25-27H,10H2,1-2H3,(H,24,28)/t15-,17-,18+,19-,22-/m1/s1. The summed E-state index contributed by atoms with van der Waals surface area (Å²) in [6, 6.07) is 11.1. The van der Waals surface area contributed by atoms with Gasteiger partial charge in [0.2, 0.25) is 0 Å². The number of carbonyl (C=O) groups is 2. The number of hydrogen-bond acceptors (Lipinski definition) is 9. The van der Waals surface area contributed by atoms with Gasteiger partial charge in [0.25, 0.3) is 5.91 Å². The number of rotatable bonds is 7. The Labute approximate surface area is 194 Å². The van der Waals surface area contributed by atoms with Gasteiger partial charge in [-0.3, -0.25) is 4.79 Å². The number of benzene rings is 2. The van der Waals surface area contributed by atoms with Crippen LogP contribution in [0.1, 0.15) is 20.7 Å². The van der Waals surface area contributed by atoms with Crippen molar-refractivity contribution in [3.8, 4) is 5.75 Å². The zero-order chi connectivity index (χ0) is 24.1. The maximum absolute atomic E-state index is 12.6. The van der Waals surface area contributed by atoms with Crippen LogP contribution in [0, 0.1) is 0 Å². The van der Waals surface area contributed by atoms with Gasteiger partial charge in [-0.2, -0.15) is 0 Å². The highest BCUT2D eigenvalue weighted by Gasteiger charge is 2.44. The van der Waals surface area contributed by atoms with Gasteiger partial charge in [0.1, 0.15) is 42.5 Å². The van der Waals surface area contributed by atoms with Gasteiger partial charge in [-0.25, -0.2) is 4.79 Å². The molecule has 1 amide bonds. The lowest BCUT2D eigenvalue weighted by molar-refractivity contribution is -0.294. The third kappa shape index (κ3) is 5.61. The quantitative estimate of drug-likeness (QED) is 0.429. The van der Waals surface area contributed by atoms with Crippen LogP contribution in [0.25, 0.3) is 0 Å². The second-order valence-corrected chi connectivity index (χ2v) is 7.61. The van der Waals surface area contributed by atoms with Gasteiger partial charge < -0.3 is 39.6 Å². The normalized spacial score (nSPS) is 24.7. The Hall–Kier alpha value is -2.73. The van der Waals surface area contributed by atoms with E-state index in [4.69, 9.17) is 30.5 Å². The molecule has 2 aromatic rings. The SMILES string of the molecule is COc1cc(C(=O)OC[C@H]2O[C@@H](OC)[C@H](O)[C@@H](O)[C@@H]2O)cc(Cl)c1NC(=O)c1ccccc1. The Kier molecular flexibility index (Phi) is 8.25. The smallest absolute Gasteiger partial charge is 0.338 e. The molecule has 5 atom stereocenters. The summed E-state index contributed by atoms with van der Waals surface area (Å²) in [6.07, 6.45) is -6.85. The molecule has 1 heterocycles. The molecule has 10 nitrogen and oxygen atoms in total. The van der Waals surface area contributed by atoms with Gasteiger partial charge in [-0.15, -0.1) is 0 Å². The molecule has 0 bridgehead atoms.